The van der Waals surface area contributed by atoms with Crippen molar-refractivity contribution in [3.05, 3.63) is 65.5 Å². The first-order valence-corrected chi connectivity index (χ1v) is 6.67. The molecule has 2 nitrogen and oxygen atoms in total. The van der Waals surface area contributed by atoms with E-state index < -0.39 is 0 Å². The maximum atomic E-state index is 4.22. The quantitative estimate of drug-likeness (QED) is 0.793. The van der Waals surface area contributed by atoms with Crippen molar-refractivity contribution in [2.45, 2.75) is 31.5 Å². The van der Waals surface area contributed by atoms with Gasteiger partial charge in [-0.15, -0.1) is 0 Å². The lowest BCUT2D eigenvalue weighted by molar-refractivity contribution is 0.214. The summed E-state index contributed by atoms with van der Waals surface area (Å²) in [5.74, 6) is 0. The maximum absolute atomic E-state index is 4.22. The lowest BCUT2D eigenvalue weighted by atomic mass is 9.92. The van der Waals surface area contributed by atoms with E-state index in [0.717, 1.165) is 6.54 Å². The van der Waals surface area contributed by atoms with E-state index in [4.69, 9.17) is 0 Å². The highest BCUT2D eigenvalue weighted by Crippen LogP contribution is 2.53. The van der Waals surface area contributed by atoms with Crippen molar-refractivity contribution in [3.63, 3.8) is 0 Å². The molecule has 0 aliphatic carbocycles. The summed E-state index contributed by atoms with van der Waals surface area (Å²) in [6.07, 6.45) is 6.45. The summed E-state index contributed by atoms with van der Waals surface area (Å²) < 4.78 is 0. The van der Waals surface area contributed by atoms with Crippen molar-refractivity contribution >= 4 is 0 Å². The highest BCUT2D eigenvalue weighted by Gasteiger charge is 2.43. The summed E-state index contributed by atoms with van der Waals surface area (Å²) in [5.41, 5.74) is 4.43. The monoisotopic (exact) mass is 236 g/mol. The summed E-state index contributed by atoms with van der Waals surface area (Å²) in [6.45, 7) is 1.03. The fourth-order valence-corrected chi connectivity index (χ4v) is 3.57. The summed E-state index contributed by atoms with van der Waals surface area (Å²) in [5, 5.41) is 0. The van der Waals surface area contributed by atoms with Gasteiger partial charge in [-0.05, 0) is 35.6 Å². The average Bonchev–Trinajstić information content (AvgIpc) is 2.96. The molecule has 2 aliphatic heterocycles. The first-order chi connectivity index (χ1) is 8.93. The van der Waals surface area contributed by atoms with Crippen LogP contribution in [0.2, 0.25) is 0 Å². The highest BCUT2D eigenvalue weighted by atomic mass is 15.2. The lowest BCUT2D eigenvalue weighted by Crippen LogP contribution is -2.19. The second kappa shape index (κ2) is 3.92. The SMILES string of the molecule is c1cncc(CN2C3CCC2c2ccccc23)c1. The van der Waals surface area contributed by atoms with Crippen molar-refractivity contribution in [1.82, 2.24) is 9.88 Å². The smallest absolute Gasteiger partial charge is 0.0361 e. The van der Waals surface area contributed by atoms with Crippen LogP contribution in [0, 0.1) is 0 Å². The fourth-order valence-electron chi connectivity index (χ4n) is 3.57. The Bertz CT molecular complexity index is 533. The van der Waals surface area contributed by atoms with Crippen LogP contribution in [-0.2, 0) is 6.54 Å². The molecule has 0 saturated carbocycles. The largest absolute Gasteiger partial charge is 0.285 e. The summed E-state index contributed by atoms with van der Waals surface area (Å²) >= 11 is 0. The Morgan fingerprint density at radius 2 is 1.72 bits per heavy atom. The second-order valence-corrected chi connectivity index (χ2v) is 5.27. The van der Waals surface area contributed by atoms with E-state index in [1.165, 1.54) is 18.4 Å². The maximum Gasteiger partial charge on any atom is 0.0361 e. The molecule has 2 heteroatoms. The average molecular weight is 236 g/mol. The number of fused-ring (bicyclic) bond motifs is 5. The molecule has 2 aromatic rings. The van der Waals surface area contributed by atoms with Gasteiger partial charge in [0.1, 0.15) is 0 Å². The molecule has 4 rings (SSSR count). The van der Waals surface area contributed by atoms with Gasteiger partial charge in [0.2, 0.25) is 0 Å². The van der Waals surface area contributed by atoms with Crippen molar-refractivity contribution < 1.29 is 0 Å². The van der Waals surface area contributed by atoms with Gasteiger partial charge >= 0.3 is 0 Å². The van der Waals surface area contributed by atoms with E-state index in [1.54, 1.807) is 11.1 Å². The van der Waals surface area contributed by atoms with E-state index >= 15 is 0 Å². The highest BCUT2D eigenvalue weighted by molar-refractivity contribution is 5.40. The van der Waals surface area contributed by atoms with E-state index in [2.05, 4.69) is 40.2 Å². The fraction of sp³-hybridized carbons (Fsp3) is 0.312. The Labute approximate surface area is 107 Å². The van der Waals surface area contributed by atoms with Crippen LogP contribution in [0.4, 0.5) is 0 Å². The number of nitrogens with zero attached hydrogens (tertiary/aromatic N) is 2. The molecule has 18 heavy (non-hydrogen) atoms. The Kier molecular flexibility index (Phi) is 2.24. The van der Waals surface area contributed by atoms with E-state index in [9.17, 15) is 0 Å². The molecule has 0 amide bonds. The zero-order chi connectivity index (χ0) is 11.9. The number of hydrogen-bond donors (Lipinski definition) is 0. The van der Waals surface area contributed by atoms with Crippen LogP contribution < -0.4 is 0 Å². The van der Waals surface area contributed by atoms with Gasteiger partial charge in [0.05, 0.1) is 0 Å². The van der Waals surface area contributed by atoms with Crippen LogP contribution in [0.15, 0.2) is 48.8 Å². The van der Waals surface area contributed by atoms with E-state index in [-0.39, 0.29) is 0 Å². The molecule has 1 saturated heterocycles. The molecule has 1 fully saturated rings. The number of rotatable bonds is 2. The Hall–Kier alpha value is -1.67. The van der Waals surface area contributed by atoms with Gasteiger partial charge in [0.25, 0.3) is 0 Å². The van der Waals surface area contributed by atoms with Crippen molar-refractivity contribution in [3.8, 4) is 0 Å². The van der Waals surface area contributed by atoms with Crippen LogP contribution >= 0.6 is 0 Å². The predicted molar refractivity (Wildman–Crippen MR) is 70.9 cm³/mol. The summed E-state index contributed by atoms with van der Waals surface area (Å²) in [6, 6.07) is 14.4. The minimum atomic E-state index is 0.631. The van der Waals surface area contributed by atoms with Crippen LogP contribution in [0.5, 0.6) is 0 Å². The Morgan fingerprint density at radius 1 is 1.00 bits per heavy atom. The van der Waals surface area contributed by atoms with Gasteiger partial charge in [0, 0.05) is 31.0 Å². The summed E-state index contributed by atoms with van der Waals surface area (Å²) in [4.78, 5) is 6.86. The van der Waals surface area contributed by atoms with Gasteiger partial charge < -0.3 is 0 Å². The molecule has 2 atom stereocenters. The topological polar surface area (TPSA) is 16.1 Å². The molecule has 2 unspecified atom stereocenters. The standard InChI is InChI=1S/C16H16N2/c1-2-6-14-13(5-1)15-7-8-16(14)18(15)11-12-4-3-9-17-10-12/h1-6,9-10,15-16H,7-8,11H2. The lowest BCUT2D eigenvalue weighted by Gasteiger charge is -2.21. The second-order valence-electron chi connectivity index (χ2n) is 5.27. The third-order valence-corrected chi connectivity index (χ3v) is 4.32. The Morgan fingerprint density at radius 3 is 2.33 bits per heavy atom. The number of aromatic nitrogens is 1. The molecule has 3 heterocycles. The van der Waals surface area contributed by atoms with Gasteiger partial charge in [-0.1, -0.05) is 30.3 Å². The van der Waals surface area contributed by atoms with Crippen molar-refractivity contribution in [2.24, 2.45) is 0 Å². The zero-order valence-electron chi connectivity index (χ0n) is 10.3. The van der Waals surface area contributed by atoms with Crippen LogP contribution in [-0.4, -0.2) is 9.88 Å². The number of hydrogen-bond acceptors (Lipinski definition) is 2. The minimum Gasteiger partial charge on any atom is -0.285 e. The van der Waals surface area contributed by atoms with Gasteiger partial charge in [0.15, 0.2) is 0 Å². The normalized spacial score (nSPS) is 25.3. The zero-order valence-corrected chi connectivity index (χ0v) is 10.3. The first kappa shape index (κ1) is 10.3. The van der Waals surface area contributed by atoms with Gasteiger partial charge in [-0.2, -0.15) is 0 Å². The summed E-state index contributed by atoms with van der Waals surface area (Å²) in [7, 11) is 0. The van der Waals surface area contributed by atoms with Crippen LogP contribution in [0.3, 0.4) is 0 Å². The third-order valence-electron chi connectivity index (χ3n) is 4.32. The molecule has 1 aromatic heterocycles. The molecule has 2 bridgehead atoms. The van der Waals surface area contributed by atoms with Crippen molar-refractivity contribution in [2.75, 3.05) is 0 Å². The molecule has 2 aliphatic rings. The van der Waals surface area contributed by atoms with Crippen LogP contribution in [0.25, 0.3) is 0 Å². The van der Waals surface area contributed by atoms with Gasteiger partial charge in [-0.3, -0.25) is 9.88 Å². The van der Waals surface area contributed by atoms with E-state index in [1.807, 2.05) is 18.5 Å². The molecule has 0 N–H and O–H groups in total. The third kappa shape index (κ3) is 1.42. The molecular weight excluding hydrogens is 220 g/mol. The van der Waals surface area contributed by atoms with Crippen LogP contribution in [0.1, 0.15) is 41.6 Å². The Balaban J connectivity index is 1.66. The van der Waals surface area contributed by atoms with Gasteiger partial charge in [-0.25, -0.2) is 0 Å². The van der Waals surface area contributed by atoms with E-state index in [0.29, 0.717) is 12.1 Å². The minimum absolute atomic E-state index is 0.631. The molecular formula is C16H16N2. The predicted octanol–water partition coefficient (Wildman–Crippen LogP) is 3.47. The number of benzene rings is 1. The first-order valence-electron chi connectivity index (χ1n) is 6.67. The van der Waals surface area contributed by atoms with Crippen molar-refractivity contribution in [1.29, 1.82) is 0 Å². The molecule has 90 valence electrons. The molecule has 1 aromatic carbocycles. The molecule has 0 spiro atoms. The molecule has 0 radical (unpaired) electrons. The number of pyridine rings is 1.